The van der Waals surface area contributed by atoms with Crippen LogP contribution in [-0.2, 0) is 6.54 Å². The molecule has 23 heavy (non-hydrogen) atoms. The molecule has 1 aromatic carbocycles. The first-order valence-electron chi connectivity index (χ1n) is 7.73. The molecule has 1 aliphatic rings. The summed E-state index contributed by atoms with van der Waals surface area (Å²) < 4.78 is 1.43. The van der Waals surface area contributed by atoms with Gasteiger partial charge in [0.05, 0.1) is 5.69 Å². The van der Waals surface area contributed by atoms with Gasteiger partial charge >= 0.3 is 5.69 Å². The number of hydrogen-bond donors (Lipinski definition) is 3. The molecule has 1 aromatic heterocycles. The molecule has 0 spiro atoms. The highest BCUT2D eigenvalue weighted by Gasteiger charge is 2.16. The molecular weight excluding hydrogens is 294 g/mol. The normalized spacial score (nSPS) is 18.8. The maximum Gasteiger partial charge on any atom is 0.354 e. The standard InChI is InChI=1S/C16H21N5O2/c17-13-2-1-8-20(11-13)10-12-3-5-14(6-4-12)21-9-7-15(19-23)18-16(21)22/h3-7,9,13,23H,1-2,8,10-11,17H2,(H,18,19,22). The second-order valence-corrected chi connectivity index (χ2v) is 5.88. The summed E-state index contributed by atoms with van der Waals surface area (Å²) in [5.41, 5.74) is 9.36. The van der Waals surface area contributed by atoms with Gasteiger partial charge in [-0.05, 0) is 43.1 Å². The molecule has 2 heterocycles. The van der Waals surface area contributed by atoms with Crippen LogP contribution in [0.1, 0.15) is 18.4 Å². The Labute approximate surface area is 134 Å². The lowest BCUT2D eigenvalue weighted by Gasteiger charge is -2.30. The highest BCUT2D eigenvalue weighted by molar-refractivity contribution is 5.37. The molecule has 0 bridgehead atoms. The van der Waals surface area contributed by atoms with E-state index in [1.807, 2.05) is 29.7 Å². The topological polar surface area (TPSA) is 96.4 Å². The fraction of sp³-hybridized carbons (Fsp3) is 0.375. The molecule has 3 rings (SSSR count). The van der Waals surface area contributed by atoms with Crippen LogP contribution in [-0.4, -0.2) is 38.8 Å². The van der Waals surface area contributed by atoms with Crippen LogP contribution >= 0.6 is 0 Å². The number of rotatable bonds is 4. The van der Waals surface area contributed by atoms with E-state index in [4.69, 9.17) is 10.9 Å². The second kappa shape index (κ2) is 6.91. The number of nitrogens with zero attached hydrogens (tertiary/aromatic N) is 3. The van der Waals surface area contributed by atoms with Crippen molar-refractivity contribution in [2.24, 2.45) is 5.73 Å². The maximum absolute atomic E-state index is 11.9. The minimum Gasteiger partial charge on any atom is -0.327 e. The molecule has 0 radical (unpaired) electrons. The first kappa shape index (κ1) is 15.7. The van der Waals surface area contributed by atoms with E-state index in [0.29, 0.717) is 0 Å². The third-order valence-electron chi connectivity index (χ3n) is 4.08. The Hall–Kier alpha value is -2.22. The Morgan fingerprint density at radius 2 is 2.09 bits per heavy atom. The van der Waals surface area contributed by atoms with Crippen molar-refractivity contribution in [1.29, 1.82) is 0 Å². The van der Waals surface area contributed by atoms with Crippen LogP contribution in [0.15, 0.2) is 41.3 Å². The van der Waals surface area contributed by atoms with Crippen LogP contribution in [0.25, 0.3) is 5.69 Å². The molecule has 1 atom stereocenters. The van der Waals surface area contributed by atoms with Crippen LogP contribution in [0.2, 0.25) is 0 Å². The Morgan fingerprint density at radius 1 is 1.30 bits per heavy atom. The lowest BCUT2D eigenvalue weighted by molar-refractivity contribution is 0.201. The van der Waals surface area contributed by atoms with Crippen molar-refractivity contribution in [2.75, 3.05) is 18.6 Å². The summed E-state index contributed by atoms with van der Waals surface area (Å²) in [5.74, 6) is 0.129. The summed E-state index contributed by atoms with van der Waals surface area (Å²) in [6.45, 7) is 2.88. The zero-order valence-corrected chi connectivity index (χ0v) is 12.9. The molecule has 1 saturated heterocycles. The van der Waals surface area contributed by atoms with E-state index in [0.717, 1.165) is 38.2 Å². The Kier molecular flexibility index (Phi) is 4.71. The number of benzene rings is 1. The predicted molar refractivity (Wildman–Crippen MR) is 87.7 cm³/mol. The van der Waals surface area contributed by atoms with Gasteiger partial charge in [-0.2, -0.15) is 4.98 Å². The van der Waals surface area contributed by atoms with E-state index in [2.05, 4.69) is 9.88 Å². The van der Waals surface area contributed by atoms with Crippen molar-refractivity contribution in [3.63, 3.8) is 0 Å². The fourth-order valence-electron chi connectivity index (χ4n) is 2.92. The molecule has 1 aliphatic heterocycles. The number of hydrogen-bond acceptors (Lipinski definition) is 6. The summed E-state index contributed by atoms with van der Waals surface area (Å²) >= 11 is 0. The number of anilines is 1. The Balaban J connectivity index is 1.73. The molecule has 0 amide bonds. The smallest absolute Gasteiger partial charge is 0.327 e. The highest BCUT2D eigenvalue weighted by atomic mass is 16.5. The number of aromatic nitrogens is 2. The van der Waals surface area contributed by atoms with Crippen molar-refractivity contribution < 1.29 is 5.21 Å². The summed E-state index contributed by atoms with van der Waals surface area (Å²) in [4.78, 5) is 18.0. The number of piperidine rings is 1. The van der Waals surface area contributed by atoms with Gasteiger partial charge in [-0.15, -0.1) is 0 Å². The van der Waals surface area contributed by atoms with Crippen molar-refractivity contribution in [3.8, 4) is 5.69 Å². The van der Waals surface area contributed by atoms with Gasteiger partial charge in [-0.25, -0.2) is 4.79 Å². The van der Waals surface area contributed by atoms with Gasteiger partial charge in [-0.1, -0.05) is 12.1 Å². The Bertz CT molecular complexity index is 713. The van der Waals surface area contributed by atoms with Gasteiger partial charge < -0.3 is 5.73 Å². The molecule has 2 aromatic rings. The van der Waals surface area contributed by atoms with Gasteiger partial charge in [0, 0.05) is 25.3 Å². The molecule has 122 valence electrons. The predicted octanol–water partition coefficient (Wildman–Crippen LogP) is 0.957. The number of nitrogens with two attached hydrogens (primary N) is 1. The van der Waals surface area contributed by atoms with Gasteiger partial charge in [0.2, 0.25) is 0 Å². The third kappa shape index (κ3) is 3.76. The third-order valence-corrected chi connectivity index (χ3v) is 4.08. The summed E-state index contributed by atoms with van der Waals surface area (Å²) in [5, 5.41) is 8.76. The molecule has 0 saturated carbocycles. The van der Waals surface area contributed by atoms with Crippen molar-refractivity contribution in [3.05, 3.63) is 52.6 Å². The fourth-order valence-corrected chi connectivity index (χ4v) is 2.92. The van der Waals surface area contributed by atoms with Crippen LogP contribution in [0, 0.1) is 0 Å². The van der Waals surface area contributed by atoms with Gasteiger partial charge in [0.1, 0.15) is 0 Å². The van der Waals surface area contributed by atoms with Crippen LogP contribution in [0.5, 0.6) is 0 Å². The molecule has 0 aliphatic carbocycles. The molecule has 1 fully saturated rings. The second-order valence-electron chi connectivity index (χ2n) is 5.88. The average Bonchev–Trinajstić information content (AvgIpc) is 2.56. The first-order chi connectivity index (χ1) is 11.2. The lowest BCUT2D eigenvalue weighted by atomic mass is 10.1. The zero-order valence-electron chi connectivity index (χ0n) is 12.9. The summed E-state index contributed by atoms with van der Waals surface area (Å²) in [6, 6.07) is 9.62. The summed E-state index contributed by atoms with van der Waals surface area (Å²) in [7, 11) is 0. The van der Waals surface area contributed by atoms with Crippen LogP contribution in [0.3, 0.4) is 0 Å². The van der Waals surface area contributed by atoms with Crippen molar-refractivity contribution in [1.82, 2.24) is 14.5 Å². The van der Waals surface area contributed by atoms with E-state index < -0.39 is 5.69 Å². The highest BCUT2D eigenvalue weighted by Crippen LogP contribution is 2.14. The molecule has 7 nitrogen and oxygen atoms in total. The quantitative estimate of drug-likeness (QED) is 0.727. The van der Waals surface area contributed by atoms with Gasteiger partial charge in [0.25, 0.3) is 0 Å². The molecular formula is C16H21N5O2. The van der Waals surface area contributed by atoms with E-state index in [9.17, 15) is 4.79 Å². The van der Waals surface area contributed by atoms with Crippen molar-refractivity contribution >= 4 is 5.82 Å². The van der Waals surface area contributed by atoms with Crippen LogP contribution in [0.4, 0.5) is 5.82 Å². The van der Waals surface area contributed by atoms with Gasteiger partial charge in [-0.3, -0.25) is 20.2 Å². The van der Waals surface area contributed by atoms with E-state index in [1.165, 1.54) is 16.2 Å². The SMILES string of the molecule is NC1CCCN(Cc2ccc(-n3ccc(NO)nc3=O)cc2)C1. The van der Waals surface area contributed by atoms with Crippen molar-refractivity contribution in [2.45, 2.75) is 25.4 Å². The monoisotopic (exact) mass is 315 g/mol. The molecule has 1 unspecified atom stereocenters. The Morgan fingerprint density at radius 3 is 2.74 bits per heavy atom. The average molecular weight is 315 g/mol. The van der Waals surface area contributed by atoms with E-state index in [-0.39, 0.29) is 11.9 Å². The lowest BCUT2D eigenvalue weighted by Crippen LogP contribution is -2.42. The first-order valence-corrected chi connectivity index (χ1v) is 7.73. The maximum atomic E-state index is 11.9. The minimum absolute atomic E-state index is 0.129. The van der Waals surface area contributed by atoms with E-state index >= 15 is 0 Å². The zero-order chi connectivity index (χ0) is 16.2. The summed E-state index contributed by atoms with van der Waals surface area (Å²) in [6.07, 6.45) is 3.82. The van der Waals surface area contributed by atoms with E-state index in [1.54, 1.807) is 6.20 Å². The van der Waals surface area contributed by atoms with Crippen LogP contribution < -0.4 is 16.9 Å². The number of nitrogens with one attached hydrogen (secondary N) is 1. The van der Waals surface area contributed by atoms with Gasteiger partial charge in [0.15, 0.2) is 5.82 Å². The largest absolute Gasteiger partial charge is 0.354 e. The number of likely N-dealkylation sites (tertiary alicyclic amines) is 1. The molecule has 4 N–H and O–H groups in total. The minimum atomic E-state index is -0.446. The molecule has 7 heteroatoms.